The highest BCUT2D eigenvalue weighted by atomic mass is 19.4. The molecule has 2 fully saturated rings. The van der Waals surface area contributed by atoms with E-state index in [1.165, 1.54) is 6.07 Å². The number of ether oxygens (including phenoxy) is 1. The van der Waals surface area contributed by atoms with Crippen LogP contribution in [0.2, 0.25) is 0 Å². The number of hydrogen-bond acceptors (Lipinski definition) is 6. The van der Waals surface area contributed by atoms with Crippen LogP contribution in [-0.2, 0) is 25.9 Å². The molecule has 0 bridgehead atoms. The van der Waals surface area contributed by atoms with E-state index in [9.17, 15) is 22.8 Å². The fourth-order valence-electron chi connectivity index (χ4n) is 4.75. The summed E-state index contributed by atoms with van der Waals surface area (Å²) in [4.78, 5) is 33.5. The number of likely N-dealkylation sites (tertiary alicyclic amines) is 1. The Morgan fingerprint density at radius 2 is 1.91 bits per heavy atom. The Balaban J connectivity index is 1.53. The number of amides is 2. The number of alkyl halides is 3. The lowest BCUT2D eigenvalue weighted by molar-refractivity contribution is -0.137. The number of piperidine rings is 1. The summed E-state index contributed by atoms with van der Waals surface area (Å²) < 4.78 is 45.4. The molecule has 2 saturated heterocycles. The molecule has 1 aromatic carbocycles. The molecule has 1 atom stereocenters. The normalized spacial score (nSPS) is 21.5. The Bertz CT molecular complexity index is 1060. The number of aromatic nitrogens is 1. The summed E-state index contributed by atoms with van der Waals surface area (Å²) in [5.41, 5.74) is 5.05. The van der Waals surface area contributed by atoms with Crippen LogP contribution >= 0.6 is 0 Å². The Hall–Kier alpha value is -3.18. The number of anilines is 2. The molecule has 0 radical (unpaired) electrons. The summed E-state index contributed by atoms with van der Waals surface area (Å²) in [6, 6.07) is 8.61. The SMILES string of the molecule is NC(=O)[C@@]1(c2ccccn2)CCCN(CC(=O)Nc2cc(C(F)(F)F)ccc2N2CCOCC2)C1. The number of halogens is 3. The minimum Gasteiger partial charge on any atom is -0.378 e. The second-order valence-corrected chi connectivity index (χ2v) is 8.85. The van der Waals surface area contributed by atoms with Gasteiger partial charge in [0.1, 0.15) is 5.41 Å². The van der Waals surface area contributed by atoms with Gasteiger partial charge < -0.3 is 20.7 Å². The highest BCUT2D eigenvalue weighted by Crippen LogP contribution is 2.36. The zero-order valence-corrected chi connectivity index (χ0v) is 19.2. The van der Waals surface area contributed by atoms with Crippen LogP contribution in [0.5, 0.6) is 0 Å². The molecular formula is C24H28F3N5O3. The van der Waals surface area contributed by atoms with E-state index in [-0.39, 0.29) is 18.8 Å². The van der Waals surface area contributed by atoms with Crippen LogP contribution in [0.1, 0.15) is 24.1 Å². The predicted molar refractivity (Wildman–Crippen MR) is 124 cm³/mol. The molecule has 2 aliphatic rings. The number of pyridine rings is 1. The van der Waals surface area contributed by atoms with Crippen molar-refractivity contribution in [2.75, 3.05) is 56.2 Å². The summed E-state index contributed by atoms with van der Waals surface area (Å²) in [5.74, 6) is -0.992. The predicted octanol–water partition coefficient (Wildman–Crippen LogP) is 2.39. The highest BCUT2D eigenvalue weighted by Gasteiger charge is 2.44. The molecule has 35 heavy (non-hydrogen) atoms. The monoisotopic (exact) mass is 491 g/mol. The first-order valence-corrected chi connectivity index (χ1v) is 11.5. The van der Waals surface area contributed by atoms with E-state index in [1.807, 2.05) is 4.90 Å². The van der Waals surface area contributed by atoms with Gasteiger partial charge in [-0.2, -0.15) is 13.2 Å². The van der Waals surface area contributed by atoms with Crippen molar-refractivity contribution in [1.82, 2.24) is 9.88 Å². The number of carbonyl (C=O) groups excluding carboxylic acids is 2. The Morgan fingerprint density at radius 3 is 2.57 bits per heavy atom. The molecule has 0 spiro atoms. The second-order valence-electron chi connectivity index (χ2n) is 8.85. The van der Waals surface area contributed by atoms with Gasteiger partial charge in [-0.1, -0.05) is 6.07 Å². The maximum absolute atomic E-state index is 13.4. The van der Waals surface area contributed by atoms with Crippen LogP contribution in [0, 0.1) is 0 Å². The lowest BCUT2D eigenvalue weighted by Crippen LogP contribution is -2.55. The van der Waals surface area contributed by atoms with Gasteiger partial charge >= 0.3 is 6.18 Å². The summed E-state index contributed by atoms with van der Waals surface area (Å²) >= 11 is 0. The molecule has 3 N–H and O–H groups in total. The van der Waals surface area contributed by atoms with Crippen molar-refractivity contribution >= 4 is 23.2 Å². The molecular weight excluding hydrogens is 463 g/mol. The minimum absolute atomic E-state index is 0.0922. The molecule has 4 rings (SSSR count). The van der Waals surface area contributed by atoms with E-state index < -0.39 is 29.0 Å². The third kappa shape index (κ3) is 5.57. The number of carbonyl (C=O) groups is 2. The summed E-state index contributed by atoms with van der Waals surface area (Å²) in [6.45, 7) is 2.56. The summed E-state index contributed by atoms with van der Waals surface area (Å²) in [7, 11) is 0. The average molecular weight is 492 g/mol. The molecule has 0 saturated carbocycles. The molecule has 1 aromatic heterocycles. The number of rotatable bonds is 6. The van der Waals surface area contributed by atoms with E-state index in [0.29, 0.717) is 57.1 Å². The maximum atomic E-state index is 13.4. The molecule has 2 aromatic rings. The summed E-state index contributed by atoms with van der Waals surface area (Å²) in [5, 5.41) is 2.67. The fraction of sp³-hybridized carbons (Fsp3) is 0.458. The number of morpholine rings is 1. The molecule has 11 heteroatoms. The van der Waals surface area contributed by atoms with Gasteiger partial charge in [0.05, 0.1) is 42.4 Å². The van der Waals surface area contributed by atoms with Gasteiger partial charge in [0.25, 0.3) is 0 Å². The number of nitrogens with one attached hydrogen (secondary N) is 1. The van der Waals surface area contributed by atoms with Crippen LogP contribution in [0.3, 0.4) is 0 Å². The Labute approximate surface area is 201 Å². The standard InChI is InChI=1S/C24H28F3N5O3/c25-24(26,27)17-5-6-19(32-10-12-35-13-11-32)18(14-17)30-21(33)15-31-9-3-7-23(16-31,22(28)34)20-4-1-2-8-29-20/h1-2,4-6,8,14H,3,7,9-13,15-16H2,(H2,28,34)(H,30,33)/t23-/m0/s1. The fourth-order valence-corrected chi connectivity index (χ4v) is 4.75. The minimum atomic E-state index is -4.54. The highest BCUT2D eigenvalue weighted by molar-refractivity contribution is 5.96. The second kappa shape index (κ2) is 10.2. The number of benzene rings is 1. The molecule has 2 amide bonds. The van der Waals surface area contributed by atoms with E-state index >= 15 is 0 Å². The van der Waals surface area contributed by atoms with Crippen molar-refractivity contribution in [2.24, 2.45) is 5.73 Å². The number of nitrogens with two attached hydrogens (primary N) is 1. The van der Waals surface area contributed by atoms with Gasteiger partial charge in [0.15, 0.2) is 0 Å². The van der Waals surface area contributed by atoms with Crippen molar-refractivity contribution in [3.05, 3.63) is 53.9 Å². The Morgan fingerprint density at radius 1 is 1.14 bits per heavy atom. The third-order valence-electron chi connectivity index (χ3n) is 6.52. The molecule has 188 valence electrons. The first-order chi connectivity index (χ1) is 16.7. The van der Waals surface area contributed by atoms with Crippen LogP contribution in [0.15, 0.2) is 42.6 Å². The van der Waals surface area contributed by atoms with Crippen LogP contribution < -0.4 is 16.0 Å². The van der Waals surface area contributed by atoms with Crippen molar-refractivity contribution in [3.8, 4) is 0 Å². The van der Waals surface area contributed by atoms with Gasteiger partial charge in [0.2, 0.25) is 11.8 Å². The molecule has 0 unspecified atom stereocenters. The average Bonchev–Trinajstić information content (AvgIpc) is 2.84. The molecule has 8 nitrogen and oxygen atoms in total. The van der Waals surface area contributed by atoms with Gasteiger partial charge in [0, 0.05) is 25.8 Å². The topological polar surface area (TPSA) is 101 Å². The van der Waals surface area contributed by atoms with Gasteiger partial charge in [-0.3, -0.25) is 19.5 Å². The third-order valence-corrected chi connectivity index (χ3v) is 6.52. The van der Waals surface area contributed by atoms with Crippen LogP contribution in [0.25, 0.3) is 0 Å². The van der Waals surface area contributed by atoms with E-state index in [4.69, 9.17) is 10.5 Å². The van der Waals surface area contributed by atoms with E-state index in [2.05, 4.69) is 10.3 Å². The van der Waals surface area contributed by atoms with Gasteiger partial charge in [-0.25, -0.2) is 0 Å². The quantitative estimate of drug-likeness (QED) is 0.644. The van der Waals surface area contributed by atoms with Gasteiger partial charge in [-0.15, -0.1) is 0 Å². The van der Waals surface area contributed by atoms with Crippen molar-refractivity contribution in [2.45, 2.75) is 24.4 Å². The zero-order valence-electron chi connectivity index (χ0n) is 19.2. The maximum Gasteiger partial charge on any atom is 0.416 e. The molecule has 3 heterocycles. The first-order valence-electron chi connectivity index (χ1n) is 11.5. The zero-order chi connectivity index (χ0) is 25.1. The lowest BCUT2D eigenvalue weighted by atomic mass is 9.76. The largest absolute Gasteiger partial charge is 0.416 e. The summed E-state index contributed by atoms with van der Waals surface area (Å²) in [6.07, 6.45) is -1.83. The van der Waals surface area contributed by atoms with Crippen molar-refractivity contribution in [3.63, 3.8) is 0 Å². The van der Waals surface area contributed by atoms with Crippen molar-refractivity contribution in [1.29, 1.82) is 0 Å². The van der Waals surface area contributed by atoms with Crippen LogP contribution in [0.4, 0.5) is 24.5 Å². The van der Waals surface area contributed by atoms with E-state index in [1.54, 1.807) is 29.3 Å². The number of nitrogens with zero attached hydrogens (tertiary/aromatic N) is 3. The first kappa shape index (κ1) is 24.9. The van der Waals surface area contributed by atoms with Gasteiger partial charge in [-0.05, 0) is 49.7 Å². The van der Waals surface area contributed by atoms with Crippen LogP contribution in [-0.4, -0.2) is 67.6 Å². The smallest absolute Gasteiger partial charge is 0.378 e. The van der Waals surface area contributed by atoms with E-state index in [0.717, 1.165) is 12.1 Å². The number of primary amides is 1. The number of hydrogen-bond donors (Lipinski definition) is 2. The lowest BCUT2D eigenvalue weighted by Gasteiger charge is -2.40. The molecule has 0 aliphatic carbocycles. The molecule has 2 aliphatic heterocycles. The Kier molecular flexibility index (Phi) is 7.27. The van der Waals surface area contributed by atoms with Crippen molar-refractivity contribution < 1.29 is 27.5 Å².